The summed E-state index contributed by atoms with van der Waals surface area (Å²) in [5.74, 6) is 0. The van der Waals surface area contributed by atoms with E-state index in [0.717, 1.165) is 6.07 Å². The van der Waals surface area contributed by atoms with E-state index in [1.165, 1.54) is 24.1 Å². The minimum absolute atomic E-state index is 0.0149. The van der Waals surface area contributed by atoms with Crippen LogP contribution in [0.1, 0.15) is 31.9 Å². The Morgan fingerprint density at radius 3 is 2.52 bits per heavy atom. The molecule has 1 aliphatic rings. The van der Waals surface area contributed by atoms with Gasteiger partial charge in [0.2, 0.25) is 0 Å². The number of hydrogen-bond acceptors (Lipinski definition) is 3. The Hall–Kier alpha value is -2.22. The van der Waals surface area contributed by atoms with Crippen molar-refractivity contribution in [2.45, 2.75) is 44.7 Å². The number of aliphatic hydroxyl groups is 1. The lowest BCUT2D eigenvalue weighted by atomic mass is 9.95. The van der Waals surface area contributed by atoms with E-state index in [1.807, 2.05) is 0 Å². The van der Waals surface area contributed by atoms with Crippen molar-refractivity contribution in [2.75, 3.05) is 6.54 Å². The molecule has 25 heavy (non-hydrogen) atoms. The molecular weight excluding hydrogens is 337 g/mol. The van der Waals surface area contributed by atoms with E-state index < -0.39 is 29.2 Å². The number of hydrogen-bond donors (Lipinski definition) is 2. The van der Waals surface area contributed by atoms with Crippen molar-refractivity contribution < 1.29 is 27.8 Å². The van der Waals surface area contributed by atoms with E-state index in [0.29, 0.717) is 10.9 Å². The zero-order chi connectivity index (χ0) is 18.6. The number of para-hydroxylation sites is 1. The van der Waals surface area contributed by atoms with E-state index in [1.54, 1.807) is 19.9 Å². The van der Waals surface area contributed by atoms with Crippen molar-refractivity contribution in [2.24, 2.45) is 0 Å². The Bertz CT molecular complexity index is 824. The van der Waals surface area contributed by atoms with Crippen molar-refractivity contribution in [3.05, 3.63) is 35.5 Å². The first kappa shape index (κ1) is 17.6. The number of carbonyl (C=O) groups excluding carboxylic acids is 1. The number of aromatic nitrogens is 1. The Labute approximate surface area is 142 Å². The maximum atomic E-state index is 13.1. The molecule has 0 bridgehead atoms. The zero-order valence-electron chi connectivity index (χ0n) is 14.1. The van der Waals surface area contributed by atoms with Crippen LogP contribution in [0.4, 0.5) is 18.0 Å². The quantitative estimate of drug-likeness (QED) is 0.882. The summed E-state index contributed by atoms with van der Waals surface area (Å²) in [4.78, 5) is 15.9. The molecule has 2 N–H and O–H groups in total. The Kier molecular flexibility index (Phi) is 3.79. The van der Waals surface area contributed by atoms with E-state index in [4.69, 9.17) is 4.74 Å². The Morgan fingerprint density at radius 2 is 1.96 bits per heavy atom. The van der Waals surface area contributed by atoms with Gasteiger partial charge < -0.3 is 14.8 Å². The van der Waals surface area contributed by atoms with Crippen LogP contribution in [0.3, 0.4) is 0 Å². The number of benzene rings is 1. The molecule has 0 spiro atoms. The topological polar surface area (TPSA) is 65.6 Å². The molecule has 0 saturated carbocycles. The van der Waals surface area contributed by atoms with Crippen LogP contribution in [0.25, 0.3) is 10.9 Å². The number of aromatic amines is 1. The summed E-state index contributed by atoms with van der Waals surface area (Å²) in [5, 5.41) is 11.0. The molecule has 1 aromatic heterocycles. The van der Waals surface area contributed by atoms with Crippen molar-refractivity contribution in [3.8, 4) is 0 Å². The number of fused-ring (bicyclic) bond motifs is 1. The third-order valence-corrected chi connectivity index (χ3v) is 4.94. The number of halogens is 3. The number of H-pyrrole nitrogens is 1. The fourth-order valence-corrected chi connectivity index (χ4v) is 3.07. The second kappa shape index (κ2) is 5.39. The highest BCUT2D eigenvalue weighted by atomic mass is 19.4. The van der Waals surface area contributed by atoms with E-state index >= 15 is 0 Å². The van der Waals surface area contributed by atoms with Gasteiger partial charge in [0.05, 0.1) is 11.1 Å². The van der Waals surface area contributed by atoms with Crippen molar-refractivity contribution >= 4 is 17.0 Å². The average molecular weight is 356 g/mol. The molecule has 0 aliphatic carbocycles. The third-order valence-electron chi connectivity index (χ3n) is 4.94. The summed E-state index contributed by atoms with van der Waals surface area (Å²) in [6.07, 6.45) is -3.32. The second-order valence-corrected chi connectivity index (χ2v) is 6.84. The predicted octanol–water partition coefficient (Wildman–Crippen LogP) is 3.67. The smallest absolute Gasteiger partial charge is 0.418 e. The molecule has 5 nitrogen and oxygen atoms in total. The maximum Gasteiger partial charge on any atom is 0.418 e. The summed E-state index contributed by atoms with van der Waals surface area (Å²) in [5.41, 5.74) is -2.67. The first-order valence-corrected chi connectivity index (χ1v) is 7.84. The monoisotopic (exact) mass is 356 g/mol. The Balaban J connectivity index is 1.87. The van der Waals surface area contributed by atoms with Gasteiger partial charge >= 0.3 is 12.3 Å². The van der Waals surface area contributed by atoms with Gasteiger partial charge in [0.15, 0.2) is 11.3 Å². The SMILES string of the molecule is CC1(C)OC(=O)N(CCc2c[nH]c3c(C(F)(F)F)cccc23)[C@]1(C)O. The van der Waals surface area contributed by atoms with Crippen molar-refractivity contribution in [1.82, 2.24) is 9.88 Å². The summed E-state index contributed by atoms with van der Waals surface area (Å²) >= 11 is 0. The van der Waals surface area contributed by atoms with Gasteiger partial charge in [-0.15, -0.1) is 0 Å². The molecule has 0 unspecified atom stereocenters. The summed E-state index contributed by atoms with van der Waals surface area (Å²) in [7, 11) is 0. The fourth-order valence-electron chi connectivity index (χ4n) is 3.07. The number of nitrogens with one attached hydrogen (secondary N) is 1. The number of alkyl halides is 3. The molecule has 1 atom stereocenters. The Morgan fingerprint density at radius 1 is 1.28 bits per heavy atom. The fraction of sp³-hybridized carbons (Fsp3) is 0.471. The van der Waals surface area contributed by atoms with Gasteiger partial charge in [-0.1, -0.05) is 12.1 Å². The molecule has 2 heterocycles. The van der Waals surface area contributed by atoms with Crippen LogP contribution in [0, 0.1) is 0 Å². The van der Waals surface area contributed by atoms with Gasteiger partial charge in [-0.25, -0.2) is 4.79 Å². The van der Waals surface area contributed by atoms with Crippen LogP contribution in [-0.2, 0) is 17.3 Å². The molecule has 1 amide bonds. The number of cyclic esters (lactones) is 1. The van der Waals surface area contributed by atoms with Crippen LogP contribution in [0.15, 0.2) is 24.4 Å². The largest absolute Gasteiger partial charge is 0.438 e. The minimum atomic E-state index is -4.45. The molecule has 1 saturated heterocycles. The van der Waals surface area contributed by atoms with Gasteiger partial charge in [0.1, 0.15) is 0 Å². The molecule has 3 rings (SSSR count). The van der Waals surface area contributed by atoms with Crippen LogP contribution in [0.2, 0.25) is 0 Å². The number of carbonyl (C=O) groups is 1. The lowest BCUT2D eigenvalue weighted by molar-refractivity contribution is -0.136. The van der Waals surface area contributed by atoms with E-state index in [2.05, 4.69) is 4.98 Å². The number of ether oxygens (including phenoxy) is 1. The summed E-state index contributed by atoms with van der Waals surface area (Å²) < 4.78 is 44.4. The normalized spacial score (nSPS) is 23.3. The van der Waals surface area contributed by atoms with Crippen molar-refractivity contribution in [1.29, 1.82) is 0 Å². The van der Waals surface area contributed by atoms with Gasteiger partial charge in [0.25, 0.3) is 0 Å². The highest BCUT2D eigenvalue weighted by Gasteiger charge is 2.56. The second-order valence-electron chi connectivity index (χ2n) is 6.84. The molecule has 1 aliphatic heterocycles. The van der Waals surface area contributed by atoms with E-state index in [-0.39, 0.29) is 18.5 Å². The van der Waals surface area contributed by atoms with Gasteiger partial charge in [0, 0.05) is 18.1 Å². The average Bonchev–Trinajstić information content (AvgIpc) is 2.94. The first-order chi connectivity index (χ1) is 11.4. The molecule has 1 aromatic carbocycles. The first-order valence-electron chi connectivity index (χ1n) is 7.84. The molecular formula is C17H19F3N2O3. The lowest BCUT2D eigenvalue weighted by Gasteiger charge is -2.34. The maximum absolute atomic E-state index is 13.1. The highest BCUT2D eigenvalue weighted by molar-refractivity contribution is 5.86. The van der Waals surface area contributed by atoms with E-state index in [9.17, 15) is 23.1 Å². The third kappa shape index (κ3) is 2.74. The minimum Gasteiger partial charge on any atom is -0.438 e. The van der Waals surface area contributed by atoms with Crippen molar-refractivity contribution in [3.63, 3.8) is 0 Å². The molecule has 8 heteroatoms. The van der Waals surface area contributed by atoms with Gasteiger partial charge in [-0.05, 0) is 38.8 Å². The number of nitrogens with zero attached hydrogens (tertiary/aromatic N) is 1. The lowest BCUT2D eigenvalue weighted by Crippen LogP contribution is -2.54. The number of amides is 1. The molecule has 2 aromatic rings. The molecule has 0 radical (unpaired) electrons. The van der Waals surface area contributed by atoms with Crippen LogP contribution < -0.4 is 0 Å². The molecule has 136 valence electrons. The van der Waals surface area contributed by atoms with Crippen LogP contribution >= 0.6 is 0 Å². The predicted molar refractivity (Wildman–Crippen MR) is 84.9 cm³/mol. The van der Waals surface area contributed by atoms with Gasteiger partial charge in [-0.3, -0.25) is 4.90 Å². The summed E-state index contributed by atoms with van der Waals surface area (Å²) in [6, 6.07) is 3.97. The van der Waals surface area contributed by atoms with Gasteiger partial charge in [-0.2, -0.15) is 13.2 Å². The van der Waals surface area contributed by atoms with Crippen LogP contribution in [0.5, 0.6) is 0 Å². The molecule has 1 fully saturated rings. The zero-order valence-corrected chi connectivity index (χ0v) is 14.1. The highest BCUT2D eigenvalue weighted by Crippen LogP contribution is 2.38. The number of rotatable bonds is 3. The standard InChI is InChI=1S/C17H19F3N2O3/c1-15(2)16(3,24)22(14(23)25-15)8-7-10-9-21-13-11(10)5-4-6-12(13)17(18,19)20/h4-6,9,21,24H,7-8H2,1-3H3/t16-/m1/s1. The summed E-state index contributed by atoms with van der Waals surface area (Å²) in [6.45, 7) is 4.81. The van der Waals surface area contributed by atoms with Crippen LogP contribution in [-0.4, -0.2) is 39.0 Å².